The minimum Gasteiger partial charge on any atom is -0.462 e. The quantitative estimate of drug-likeness (QED) is 0.0347. The van der Waals surface area contributed by atoms with E-state index in [9.17, 15) is 9.59 Å². The van der Waals surface area contributed by atoms with E-state index < -0.39 is 6.10 Å². The average Bonchev–Trinajstić information content (AvgIpc) is 3.25. The van der Waals surface area contributed by atoms with Crippen LogP contribution in [0.1, 0.15) is 239 Å². The fraction of sp³-hybridized carbons (Fsp3) is 0.745. The Morgan fingerprint density at radius 3 is 1.28 bits per heavy atom. The molecule has 0 heterocycles. The van der Waals surface area contributed by atoms with E-state index in [4.69, 9.17) is 14.2 Å². The summed E-state index contributed by atoms with van der Waals surface area (Å²) in [5.74, 6) is -0.442. The molecule has 0 amide bonds. The average molecular weight is 837 g/mol. The first-order chi connectivity index (χ1) is 29.6. The lowest BCUT2D eigenvalue weighted by Crippen LogP contribution is -2.30. The van der Waals surface area contributed by atoms with Crippen molar-refractivity contribution in [2.75, 3.05) is 19.8 Å². The van der Waals surface area contributed by atoms with Crippen molar-refractivity contribution in [1.82, 2.24) is 0 Å². The van der Waals surface area contributed by atoms with Gasteiger partial charge in [-0.25, -0.2) is 0 Å². The number of hydrogen-bond donors (Lipinski definition) is 0. The zero-order valence-electron chi connectivity index (χ0n) is 39.7. The Labute approximate surface area is 372 Å². The lowest BCUT2D eigenvalue weighted by atomic mass is 10.0. The first-order valence-corrected chi connectivity index (χ1v) is 25.5. The van der Waals surface area contributed by atoms with Gasteiger partial charge >= 0.3 is 11.9 Å². The van der Waals surface area contributed by atoms with Gasteiger partial charge in [0.2, 0.25) is 0 Å². The number of esters is 2. The van der Waals surface area contributed by atoms with E-state index >= 15 is 0 Å². The normalized spacial score (nSPS) is 12.8. The van der Waals surface area contributed by atoms with E-state index in [1.54, 1.807) is 0 Å². The lowest BCUT2D eigenvalue weighted by molar-refractivity contribution is -0.163. The number of ether oxygens (including phenoxy) is 3. The highest BCUT2D eigenvalue weighted by Gasteiger charge is 2.17. The van der Waals surface area contributed by atoms with Crippen LogP contribution in [0.25, 0.3) is 0 Å². The Kier molecular flexibility index (Phi) is 48.4. The molecule has 0 aromatic carbocycles. The van der Waals surface area contributed by atoms with Gasteiger partial charge < -0.3 is 14.2 Å². The van der Waals surface area contributed by atoms with E-state index in [0.717, 1.165) is 96.3 Å². The smallest absolute Gasteiger partial charge is 0.306 e. The predicted octanol–water partition coefficient (Wildman–Crippen LogP) is 17.1. The van der Waals surface area contributed by atoms with Crippen LogP contribution in [0.5, 0.6) is 0 Å². The molecule has 5 heteroatoms. The molecule has 0 bridgehead atoms. The second-order valence-corrected chi connectivity index (χ2v) is 16.7. The molecular weight excluding hydrogens is 741 g/mol. The summed E-state index contributed by atoms with van der Waals surface area (Å²) in [6.07, 6.45) is 64.8. The fourth-order valence-corrected chi connectivity index (χ4v) is 6.93. The summed E-state index contributed by atoms with van der Waals surface area (Å²) in [6.45, 7) is 7.65. The monoisotopic (exact) mass is 837 g/mol. The van der Waals surface area contributed by atoms with Crippen molar-refractivity contribution in [2.24, 2.45) is 0 Å². The van der Waals surface area contributed by atoms with Crippen molar-refractivity contribution in [2.45, 2.75) is 245 Å². The van der Waals surface area contributed by atoms with Crippen LogP contribution in [0, 0.1) is 0 Å². The first-order valence-electron chi connectivity index (χ1n) is 25.5. The van der Waals surface area contributed by atoms with Crippen molar-refractivity contribution in [1.29, 1.82) is 0 Å². The van der Waals surface area contributed by atoms with E-state index in [-0.39, 0.29) is 25.2 Å². The van der Waals surface area contributed by atoms with Gasteiger partial charge in [-0.3, -0.25) is 9.59 Å². The fourth-order valence-electron chi connectivity index (χ4n) is 6.93. The summed E-state index contributed by atoms with van der Waals surface area (Å²) < 4.78 is 17.3. The van der Waals surface area contributed by atoms with Gasteiger partial charge in [0.15, 0.2) is 6.10 Å². The summed E-state index contributed by atoms with van der Waals surface area (Å²) in [5, 5.41) is 0. The standard InChI is InChI=1S/C55H96O5/c1-4-7-10-13-16-19-22-24-26-27-28-29-30-31-34-36-39-42-45-48-54(56)59-52-53(60-55(57)49-46-43-40-37-33-21-18-15-12-9-6-3)51-58-50-47-44-41-38-35-32-25-23-20-17-14-11-8-5-2/h7,10,15-16,18-19,24,26,28-29,31,34,53H,4-6,8-9,11-14,17,20-23,25,27,30,32-33,35-52H2,1-3H3/b10-7-,18-15-,19-16-,26-24-,29-28-,34-31-. The number of unbranched alkanes of at least 4 members (excludes halogenated alkanes) is 23. The summed E-state index contributed by atoms with van der Waals surface area (Å²) >= 11 is 0. The van der Waals surface area contributed by atoms with Gasteiger partial charge in [-0.1, -0.05) is 216 Å². The molecule has 5 nitrogen and oxygen atoms in total. The highest BCUT2D eigenvalue weighted by molar-refractivity contribution is 5.70. The zero-order valence-corrected chi connectivity index (χ0v) is 39.7. The second kappa shape index (κ2) is 50.7. The number of carbonyl (C=O) groups is 2. The molecule has 346 valence electrons. The van der Waals surface area contributed by atoms with Crippen molar-refractivity contribution >= 4 is 11.9 Å². The van der Waals surface area contributed by atoms with Gasteiger partial charge in [0.25, 0.3) is 0 Å². The van der Waals surface area contributed by atoms with Gasteiger partial charge in [-0.2, -0.15) is 0 Å². The van der Waals surface area contributed by atoms with Gasteiger partial charge in [-0.05, 0) is 83.5 Å². The number of allylic oxidation sites excluding steroid dienone is 12. The molecule has 0 spiro atoms. The van der Waals surface area contributed by atoms with Crippen molar-refractivity contribution in [3.05, 3.63) is 72.9 Å². The molecule has 0 aliphatic carbocycles. The first kappa shape index (κ1) is 57.3. The topological polar surface area (TPSA) is 61.8 Å². The summed E-state index contributed by atoms with van der Waals surface area (Å²) in [4.78, 5) is 25.3. The maximum Gasteiger partial charge on any atom is 0.306 e. The molecule has 0 aliphatic heterocycles. The summed E-state index contributed by atoms with van der Waals surface area (Å²) in [7, 11) is 0. The van der Waals surface area contributed by atoms with Crippen LogP contribution in [0.15, 0.2) is 72.9 Å². The van der Waals surface area contributed by atoms with Gasteiger partial charge in [0.05, 0.1) is 6.61 Å². The maximum absolute atomic E-state index is 12.7. The number of carbonyl (C=O) groups excluding carboxylic acids is 2. The Hall–Kier alpha value is -2.66. The summed E-state index contributed by atoms with van der Waals surface area (Å²) in [5.41, 5.74) is 0. The van der Waals surface area contributed by atoms with E-state index in [1.807, 2.05) is 0 Å². The van der Waals surface area contributed by atoms with E-state index in [2.05, 4.69) is 93.7 Å². The third-order valence-electron chi connectivity index (χ3n) is 10.7. The van der Waals surface area contributed by atoms with E-state index in [0.29, 0.717) is 19.4 Å². The Morgan fingerprint density at radius 1 is 0.383 bits per heavy atom. The van der Waals surface area contributed by atoms with Crippen LogP contribution in [0.4, 0.5) is 0 Å². The van der Waals surface area contributed by atoms with Crippen molar-refractivity contribution < 1.29 is 23.8 Å². The zero-order chi connectivity index (χ0) is 43.5. The highest BCUT2D eigenvalue weighted by Crippen LogP contribution is 2.14. The van der Waals surface area contributed by atoms with Crippen molar-refractivity contribution in [3.63, 3.8) is 0 Å². The molecular formula is C55H96O5. The SMILES string of the molecule is CC/C=C\C/C=C\C/C=C\C/C=C\C/C=C\CCCCCC(=O)OCC(COCCCCCCCCCCCCCCCC)OC(=O)CCCCCCC/C=C\CCCC. The Morgan fingerprint density at radius 2 is 0.767 bits per heavy atom. The molecule has 1 atom stereocenters. The Balaban J connectivity index is 4.29. The molecule has 60 heavy (non-hydrogen) atoms. The molecule has 0 aromatic rings. The van der Waals surface area contributed by atoms with Crippen molar-refractivity contribution in [3.8, 4) is 0 Å². The van der Waals surface area contributed by atoms with Crippen LogP contribution in [-0.4, -0.2) is 37.9 Å². The minimum atomic E-state index is -0.553. The van der Waals surface area contributed by atoms with Crippen LogP contribution in [0.3, 0.4) is 0 Å². The third kappa shape index (κ3) is 48.0. The van der Waals surface area contributed by atoms with Crippen LogP contribution < -0.4 is 0 Å². The van der Waals surface area contributed by atoms with Gasteiger partial charge in [0.1, 0.15) is 6.61 Å². The molecule has 1 unspecified atom stereocenters. The highest BCUT2D eigenvalue weighted by atomic mass is 16.6. The lowest BCUT2D eigenvalue weighted by Gasteiger charge is -2.18. The largest absolute Gasteiger partial charge is 0.462 e. The second-order valence-electron chi connectivity index (χ2n) is 16.7. The molecule has 0 saturated carbocycles. The van der Waals surface area contributed by atoms with E-state index in [1.165, 1.54) is 109 Å². The minimum absolute atomic E-state index is 0.0646. The molecule has 0 aliphatic rings. The van der Waals surface area contributed by atoms with Crippen LogP contribution >= 0.6 is 0 Å². The molecule has 0 saturated heterocycles. The Bertz CT molecular complexity index is 1080. The van der Waals surface area contributed by atoms with Crippen LogP contribution in [0.2, 0.25) is 0 Å². The number of rotatable bonds is 46. The predicted molar refractivity (Wildman–Crippen MR) is 260 cm³/mol. The van der Waals surface area contributed by atoms with Gasteiger partial charge in [0, 0.05) is 19.4 Å². The molecule has 0 radical (unpaired) electrons. The molecule has 0 rings (SSSR count). The third-order valence-corrected chi connectivity index (χ3v) is 10.7. The molecule has 0 N–H and O–H groups in total. The molecule has 0 aromatic heterocycles. The maximum atomic E-state index is 12.7. The van der Waals surface area contributed by atoms with Gasteiger partial charge in [-0.15, -0.1) is 0 Å². The molecule has 0 fully saturated rings. The number of hydrogen-bond acceptors (Lipinski definition) is 5. The van der Waals surface area contributed by atoms with Crippen LogP contribution in [-0.2, 0) is 23.8 Å². The summed E-state index contributed by atoms with van der Waals surface area (Å²) in [6, 6.07) is 0.